The van der Waals surface area contributed by atoms with Crippen molar-refractivity contribution < 1.29 is 0 Å². The molecule has 4 heteroatoms. The largest absolute Gasteiger partial charge is 0.320 e. The molecule has 0 spiro atoms. The van der Waals surface area contributed by atoms with Crippen molar-refractivity contribution >= 4 is 0 Å². The van der Waals surface area contributed by atoms with Crippen LogP contribution in [-0.2, 0) is 13.6 Å². The van der Waals surface area contributed by atoms with Gasteiger partial charge in [0.15, 0.2) is 0 Å². The van der Waals surface area contributed by atoms with E-state index in [1.54, 1.807) is 6.33 Å². The van der Waals surface area contributed by atoms with Crippen LogP contribution < -0.4 is 0 Å². The van der Waals surface area contributed by atoms with Crippen LogP contribution in [0, 0.1) is 5.41 Å². The summed E-state index contributed by atoms with van der Waals surface area (Å²) in [4.78, 5) is 2.49. The van der Waals surface area contributed by atoms with E-state index in [0.717, 1.165) is 25.5 Å². The highest BCUT2D eigenvalue weighted by molar-refractivity contribution is 5.24. The van der Waals surface area contributed by atoms with Crippen molar-refractivity contribution in [2.75, 3.05) is 13.1 Å². The maximum atomic E-state index is 4.20. The maximum Gasteiger partial charge on any atom is 0.146 e. The zero-order valence-electron chi connectivity index (χ0n) is 12.5. The van der Waals surface area contributed by atoms with Crippen LogP contribution in [0.4, 0.5) is 0 Å². The third kappa shape index (κ3) is 2.48. The van der Waals surface area contributed by atoms with Gasteiger partial charge in [0.25, 0.3) is 0 Å². The van der Waals surface area contributed by atoms with Crippen molar-refractivity contribution in [3.05, 3.63) is 48.0 Å². The van der Waals surface area contributed by atoms with E-state index in [9.17, 15) is 0 Å². The van der Waals surface area contributed by atoms with Gasteiger partial charge in [0.1, 0.15) is 12.2 Å². The molecule has 1 aromatic carbocycles. The molecule has 0 unspecified atom stereocenters. The maximum absolute atomic E-state index is 4.20. The Balaban J connectivity index is 1.77. The van der Waals surface area contributed by atoms with Gasteiger partial charge in [-0.3, -0.25) is 4.90 Å². The molecule has 0 bridgehead atoms. The smallest absolute Gasteiger partial charge is 0.146 e. The second-order valence-corrected chi connectivity index (χ2v) is 6.48. The lowest BCUT2D eigenvalue weighted by molar-refractivity contribution is 0.274. The summed E-state index contributed by atoms with van der Waals surface area (Å²) in [6.07, 6.45) is 1.77. The second kappa shape index (κ2) is 5.02. The summed E-state index contributed by atoms with van der Waals surface area (Å²) in [7, 11) is 2.01. The fourth-order valence-corrected chi connectivity index (χ4v) is 3.27. The average Bonchev–Trinajstić information content (AvgIpc) is 2.94. The number of benzene rings is 1. The molecule has 1 fully saturated rings. The first-order valence-electron chi connectivity index (χ1n) is 7.16. The van der Waals surface area contributed by atoms with E-state index in [-0.39, 0.29) is 0 Å². The minimum absolute atomic E-state index is 0.292. The lowest BCUT2D eigenvalue weighted by Gasteiger charge is -2.26. The highest BCUT2D eigenvalue weighted by Gasteiger charge is 2.40. The molecule has 0 saturated carbocycles. The summed E-state index contributed by atoms with van der Waals surface area (Å²) < 4.78 is 2.00. The van der Waals surface area contributed by atoms with Crippen molar-refractivity contribution in [2.45, 2.75) is 26.3 Å². The number of hydrogen-bond donors (Lipinski definition) is 0. The van der Waals surface area contributed by atoms with Crippen molar-refractivity contribution in [2.24, 2.45) is 12.5 Å². The van der Waals surface area contributed by atoms with Crippen LogP contribution in [0.15, 0.2) is 36.7 Å². The Morgan fingerprint density at radius 2 is 2.00 bits per heavy atom. The van der Waals surface area contributed by atoms with Gasteiger partial charge in [-0.2, -0.15) is 0 Å². The van der Waals surface area contributed by atoms with E-state index < -0.39 is 0 Å². The van der Waals surface area contributed by atoms with E-state index in [1.165, 1.54) is 5.56 Å². The first-order valence-corrected chi connectivity index (χ1v) is 7.16. The Labute approximate surface area is 120 Å². The molecular weight excluding hydrogens is 248 g/mol. The summed E-state index contributed by atoms with van der Waals surface area (Å²) >= 11 is 0. The average molecular weight is 270 g/mol. The van der Waals surface area contributed by atoms with Gasteiger partial charge in [0.2, 0.25) is 0 Å². The predicted molar refractivity (Wildman–Crippen MR) is 79.2 cm³/mol. The molecule has 1 aromatic heterocycles. The molecule has 0 N–H and O–H groups in total. The third-order valence-corrected chi connectivity index (χ3v) is 4.39. The minimum atomic E-state index is 0.292. The highest BCUT2D eigenvalue weighted by Crippen LogP contribution is 2.42. The number of hydrogen-bond acceptors (Lipinski definition) is 3. The monoisotopic (exact) mass is 270 g/mol. The second-order valence-electron chi connectivity index (χ2n) is 6.48. The molecule has 0 radical (unpaired) electrons. The SMILES string of the molecule is Cn1cnnc1CN1C[C@H](c2ccccc2)C(C)(C)C1. The topological polar surface area (TPSA) is 34.0 Å². The number of rotatable bonds is 3. The van der Waals surface area contributed by atoms with Gasteiger partial charge in [-0.15, -0.1) is 10.2 Å². The highest BCUT2D eigenvalue weighted by atomic mass is 15.3. The first-order chi connectivity index (χ1) is 9.56. The zero-order valence-corrected chi connectivity index (χ0v) is 12.5. The van der Waals surface area contributed by atoms with Crippen LogP contribution in [0.25, 0.3) is 0 Å². The lowest BCUT2D eigenvalue weighted by atomic mass is 9.78. The molecule has 20 heavy (non-hydrogen) atoms. The summed E-state index contributed by atoms with van der Waals surface area (Å²) in [6, 6.07) is 10.9. The van der Waals surface area contributed by atoms with Crippen LogP contribution in [-0.4, -0.2) is 32.8 Å². The predicted octanol–water partition coefficient (Wildman–Crippen LogP) is 2.44. The fourth-order valence-electron chi connectivity index (χ4n) is 3.27. The van der Waals surface area contributed by atoms with E-state index >= 15 is 0 Å². The van der Waals surface area contributed by atoms with Crippen LogP contribution in [0.5, 0.6) is 0 Å². The molecule has 2 aromatic rings. The van der Waals surface area contributed by atoms with Crippen LogP contribution >= 0.6 is 0 Å². The zero-order chi connectivity index (χ0) is 14.2. The van der Waals surface area contributed by atoms with Gasteiger partial charge in [-0.25, -0.2) is 0 Å². The van der Waals surface area contributed by atoms with Gasteiger partial charge in [0.05, 0.1) is 6.54 Å². The summed E-state index contributed by atoms with van der Waals surface area (Å²) in [5, 5.41) is 8.16. The lowest BCUT2D eigenvalue weighted by Crippen LogP contribution is -2.24. The molecule has 0 amide bonds. The van der Waals surface area contributed by atoms with Gasteiger partial charge < -0.3 is 4.57 Å². The Kier molecular flexibility index (Phi) is 3.34. The molecule has 1 saturated heterocycles. The van der Waals surface area contributed by atoms with E-state index in [4.69, 9.17) is 0 Å². The van der Waals surface area contributed by atoms with Crippen molar-refractivity contribution in [3.63, 3.8) is 0 Å². The molecular formula is C16H22N4. The minimum Gasteiger partial charge on any atom is -0.320 e. The van der Waals surface area contributed by atoms with E-state index in [0.29, 0.717) is 11.3 Å². The number of aromatic nitrogens is 3. The summed E-state index contributed by atoms with van der Waals surface area (Å²) in [5.74, 6) is 1.62. The Morgan fingerprint density at radius 3 is 2.65 bits per heavy atom. The Morgan fingerprint density at radius 1 is 1.25 bits per heavy atom. The quantitative estimate of drug-likeness (QED) is 0.859. The molecule has 1 aliphatic rings. The summed E-state index contributed by atoms with van der Waals surface area (Å²) in [5.41, 5.74) is 1.73. The number of likely N-dealkylation sites (tertiary alicyclic amines) is 1. The molecule has 2 heterocycles. The van der Waals surface area contributed by atoms with Gasteiger partial charge in [-0.05, 0) is 11.0 Å². The molecule has 4 nitrogen and oxygen atoms in total. The van der Waals surface area contributed by atoms with E-state index in [1.807, 2.05) is 11.6 Å². The summed E-state index contributed by atoms with van der Waals surface area (Å²) in [6.45, 7) is 7.79. The van der Waals surface area contributed by atoms with Crippen LogP contribution in [0.3, 0.4) is 0 Å². The van der Waals surface area contributed by atoms with Gasteiger partial charge in [-0.1, -0.05) is 44.2 Å². The molecule has 3 rings (SSSR count). The van der Waals surface area contributed by atoms with Crippen LogP contribution in [0.1, 0.15) is 31.2 Å². The Bertz CT molecular complexity index is 573. The molecule has 106 valence electrons. The molecule has 1 atom stereocenters. The Hall–Kier alpha value is -1.68. The number of aryl methyl sites for hydroxylation is 1. The normalized spacial score (nSPS) is 22.2. The van der Waals surface area contributed by atoms with Gasteiger partial charge in [0, 0.05) is 26.1 Å². The van der Waals surface area contributed by atoms with Crippen LogP contribution in [0.2, 0.25) is 0 Å². The number of nitrogens with zero attached hydrogens (tertiary/aromatic N) is 4. The van der Waals surface area contributed by atoms with Crippen molar-refractivity contribution in [1.29, 1.82) is 0 Å². The molecule has 0 aliphatic carbocycles. The van der Waals surface area contributed by atoms with Crippen molar-refractivity contribution in [1.82, 2.24) is 19.7 Å². The van der Waals surface area contributed by atoms with Gasteiger partial charge >= 0.3 is 0 Å². The first kappa shape index (κ1) is 13.3. The standard InChI is InChI=1S/C16H22N4/c1-16(2)11-20(10-15-18-17-12-19(15)3)9-14(16)13-7-5-4-6-8-13/h4-8,12,14H,9-11H2,1-3H3/t14-/m1/s1. The third-order valence-electron chi connectivity index (χ3n) is 4.39. The van der Waals surface area contributed by atoms with E-state index in [2.05, 4.69) is 59.3 Å². The fraction of sp³-hybridized carbons (Fsp3) is 0.500. The van der Waals surface area contributed by atoms with Crippen molar-refractivity contribution in [3.8, 4) is 0 Å². The molecule has 1 aliphatic heterocycles.